The summed E-state index contributed by atoms with van der Waals surface area (Å²) in [7, 11) is 0. The van der Waals surface area contributed by atoms with Gasteiger partial charge in [-0.05, 0) is 12.8 Å². The van der Waals surface area contributed by atoms with Gasteiger partial charge < -0.3 is 18.9 Å². The van der Waals surface area contributed by atoms with Gasteiger partial charge in [0, 0.05) is 10.8 Å². The molecule has 0 aliphatic carbocycles. The molecule has 0 bridgehead atoms. The fraction of sp³-hybridized carbons (Fsp3) is 0.538. The van der Waals surface area contributed by atoms with Crippen LogP contribution < -0.4 is 9.47 Å². The van der Waals surface area contributed by atoms with Crippen LogP contribution in [0, 0.1) is 0 Å². The number of hydrogen-bond acceptors (Lipinski definition) is 6. The van der Waals surface area contributed by atoms with Gasteiger partial charge in [0.15, 0.2) is 11.5 Å². The highest BCUT2D eigenvalue weighted by Gasteiger charge is 2.24. The van der Waals surface area contributed by atoms with Crippen molar-refractivity contribution < 1.29 is 28.5 Å². The van der Waals surface area contributed by atoms with Crippen LogP contribution in [0.4, 0.5) is 9.59 Å². The summed E-state index contributed by atoms with van der Waals surface area (Å²) in [6.07, 6.45) is 8.57. The molecule has 0 aliphatic rings. The van der Waals surface area contributed by atoms with Gasteiger partial charge in [-0.1, -0.05) is 113 Å². The first-order chi connectivity index (χ1) is 16.5. The summed E-state index contributed by atoms with van der Waals surface area (Å²) in [5, 5.41) is 0.809. The average molecular weight is 513 g/mol. The molecule has 0 saturated heterocycles. The third-order valence-electron chi connectivity index (χ3n) is 5.31. The van der Waals surface area contributed by atoms with Crippen LogP contribution in [0.15, 0.2) is 24.3 Å². The van der Waals surface area contributed by atoms with Gasteiger partial charge in [0.1, 0.15) is 10.0 Å². The van der Waals surface area contributed by atoms with Crippen LogP contribution in [0.5, 0.6) is 11.5 Å². The number of fused-ring (bicyclic) bond motifs is 1. The smallest absolute Gasteiger partial charge is 0.434 e. The molecule has 2 aromatic rings. The predicted octanol–water partition coefficient (Wildman–Crippen LogP) is 9.12. The first-order valence-electron chi connectivity index (χ1n) is 12.1. The SMILES string of the molecule is CCCCCCCOC(=O)Oc1c(Cl)c(Cl)c(OC(=O)OCCCCCCC)c2ccccc12. The first kappa shape index (κ1) is 28.1. The van der Waals surface area contributed by atoms with Gasteiger partial charge in [-0.25, -0.2) is 9.59 Å². The summed E-state index contributed by atoms with van der Waals surface area (Å²) in [6, 6.07) is 6.88. The zero-order valence-corrected chi connectivity index (χ0v) is 21.5. The quantitative estimate of drug-likeness (QED) is 0.143. The molecule has 2 rings (SSSR count). The molecule has 0 unspecified atom stereocenters. The van der Waals surface area contributed by atoms with E-state index in [0.717, 1.165) is 64.2 Å². The van der Waals surface area contributed by atoms with E-state index in [1.165, 1.54) is 0 Å². The summed E-state index contributed by atoms with van der Waals surface area (Å²) in [4.78, 5) is 24.5. The lowest BCUT2D eigenvalue weighted by Gasteiger charge is -2.15. The molecule has 0 heterocycles. The van der Waals surface area contributed by atoms with Crippen LogP contribution in [-0.2, 0) is 9.47 Å². The molecule has 188 valence electrons. The van der Waals surface area contributed by atoms with Crippen LogP contribution >= 0.6 is 23.2 Å². The number of carbonyl (C=O) groups excluding carboxylic acids is 2. The molecule has 34 heavy (non-hydrogen) atoms. The molecule has 0 amide bonds. The average Bonchev–Trinajstić information content (AvgIpc) is 2.84. The molecule has 0 atom stereocenters. The Labute approximate surface area is 211 Å². The third-order valence-corrected chi connectivity index (χ3v) is 6.13. The van der Waals surface area contributed by atoms with E-state index in [0.29, 0.717) is 10.8 Å². The van der Waals surface area contributed by atoms with E-state index in [4.69, 9.17) is 42.1 Å². The third kappa shape index (κ3) is 8.88. The second kappa shape index (κ2) is 15.7. The molecule has 0 saturated carbocycles. The minimum atomic E-state index is -0.866. The molecule has 0 aliphatic heterocycles. The van der Waals surface area contributed by atoms with Crippen LogP contribution in [-0.4, -0.2) is 25.5 Å². The topological polar surface area (TPSA) is 71.1 Å². The number of unbranched alkanes of at least 4 members (excludes halogenated alkanes) is 8. The minimum Gasteiger partial charge on any atom is -0.434 e. The van der Waals surface area contributed by atoms with E-state index in [1.807, 2.05) is 0 Å². The molecular weight excluding hydrogens is 479 g/mol. The maximum absolute atomic E-state index is 12.2. The van der Waals surface area contributed by atoms with Crippen molar-refractivity contribution in [3.05, 3.63) is 34.3 Å². The molecule has 0 fully saturated rings. The highest BCUT2D eigenvalue weighted by Crippen LogP contribution is 2.46. The van der Waals surface area contributed by atoms with Crippen LogP contribution in [0.1, 0.15) is 78.1 Å². The normalized spacial score (nSPS) is 10.8. The Kier molecular flexibility index (Phi) is 12.9. The van der Waals surface area contributed by atoms with Crippen LogP contribution in [0.25, 0.3) is 10.8 Å². The lowest BCUT2D eigenvalue weighted by Crippen LogP contribution is -2.14. The molecule has 0 aromatic heterocycles. The highest BCUT2D eigenvalue weighted by molar-refractivity contribution is 6.45. The summed E-state index contributed by atoms with van der Waals surface area (Å²) in [5.41, 5.74) is 0. The van der Waals surface area contributed by atoms with Crippen molar-refractivity contribution in [3.63, 3.8) is 0 Å². The maximum Gasteiger partial charge on any atom is 0.513 e. The number of halogens is 2. The Morgan fingerprint density at radius 2 is 1.03 bits per heavy atom. The minimum absolute atomic E-state index is 0.0508. The standard InChI is InChI=1S/C26H34Cl2O6/c1-3-5-7-9-13-17-31-25(29)33-23-19-15-11-12-16-20(19)24(22(28)21(23)27)34-26(30)32-18-14-10-8-6-4-2/h11-12,15-16H,3-10,13-14,17-18H2,1-2H3. The molecule has 0 spiro atoms. The summed E-state index contributed by atoms with van der Waals surface area (Å²) < 4.78 is 21.1. The molecule has 0 radical (unpaired) electrons. The van der Waals surface area contributed by atoms with Gasteiger partial charge in [0.2, 0.25) is 0 Å². The Hall–Kier alpha value is -2.18. The molecule has 8 heteroatoms. The Morgan fingerprint density at radius 3 is 1.41 bits per heavy atom. The summed E-state index contributed by atoms with van der Waals surface area (Å²) in [5.74, 6) is 0.102. The van der Waals surface area contributed by atoms with E-state index >= 15 is 0 Å². The second-order valence-electron chi connectivity index (χ2n) is 8.06. The zero-order valence-electron chi connectivity index (χ0n) is 20.0. The van der Waals surface area contributed by atoms with E-state index in [1.54, 1.807) is 24.3 Å². The van der Waals surface area contributed by atoms with Crippen molar-refractivity contribution in [2.24, 2.45) is 0 Å². The van der Waals surface area contributed by atoms with Gasteiger partial charge in [-0.3, -0.25) is 0 Å². The highest BCUT2D eigenvalue weighted by atomic mass is 35.5. The predicted molar refractivity (Wildman–Crippen MR) is 135 cm³/mol. The number of hydrogen-bond donors (Lipinski definition) is 0. The maximum atomic E-state index is 12.2. The number of rotatable bonds is 14. The molecule has 0 N–H and O–H groups in total. The summed E-state index contributed by atoms with van der Waals surface area (Å²) >= 11 is 12.8. The monoisotopic (exact) mass is 512 g/mol. The van der Waals surface area contributed by atoms with Gasteiger partial charge >= 0.3 is 12.3 Å². The van der Waals surface area contributed by atoms with Gasteiger partial charge in [-0.15, -0.1) is 0 Å². The van der Waals surface area contributed by atoms with E-state index in [-0.39, 0.29) is 34.8 Å². The van der Waals surface area contributed by atoms with Crippen molar-refractivity contribution in [3.8, 4) is 11.5 Å². The number of carbonyl (C=O) groups is 2. The van der Waals surface area contributed by atoms with Crippen LogP contribution in [0.3, 0.4) is 0 Å². The fourth-order valence-electron chi connectivity index (χ4n) is 3.46. The van der Waals surface area contributed by atoms with E-state index in [9.17, 15) is 9.59 Å². The van der Waals surface area contributed by atoms with E-state index in [2.05, 4.69) is 13.8 Å². The van der Waals surface area contributed by atoms with Gasteiger partial charge in [-0.2, -0.15) is 0 Å². The molecular formula is C26H34Cl2O6. The van der Waals surface area contributed by atoms with Crippen molar-refractivity contribution in [1.82, 2.24) is 0 Å². The largest absolute Gasteiger partial charge is 0.513 e. The van der Waals surface area contributed by atoms with Gasteiger partial charge in [0.25, 0.3) is 0 Å². The Morgan fingerprint density at radius 1 is 0.647 bits per heavy atom. The number of ether oxygens (including phenoxy) is 4. The molecule has 6 nitrogen and oxygen atoms in total. The lowest BCUT2D eigenvalue weighted by atomic mass is 10.1. The zero-order chi connectivity index (χ0) is 24.8. The summed E-state index contributed by atoms with van der Waals surface area (Å²) in [6.45, 7) is 4.80. The van der Waals surface area contributed by atoms with Crippen molar-refractivity contribution in [2.45, 2.75) is 78.1 Å². The number of benzene rings is 2. The molecule has 2 aromatic carbocycles. The van der Waals surface area contributed by atoms with Crippen molar-refractivity contribution in [2.75, 3.05) is 13.2 Å². The second-order valence-corrected chi connectivity index (χ2v) is 8.82. The van der Waals surface area contributed by atoms with Crippen molar-refractivity contribution in [1.29, 1.82) is 0 Å². The van der Waals surface area contributed by atoms with E-state index < -0.39 is 12.3 Å². The fourth-order valence-corrected chi connectivity index (χ4v) is 3.91. The lowest BCUT2D eigenvalue weighted by molar-refractivity contribution is 0.0958. The Bertz CT molecular complexity index is 857. The van der Waals surface area contributed by atoms with Crippen molar-refractivity contribution >= 4 is 46.3 Å². The Balaban J connectivity index is 2.05. The van der Waals surface area contributed by atoms with Crippen LogP contribution in [0.2, 0.25) is 10.0 Å². The van der Waals surface area contributed by atoms with Gasteiger partial charge in [0.05, 0.1) is 13.2 Å². The first-order valence-corrected chi connectivity index (χ1v) is 12.8.